The number of unbranched alkanes of at least 4 members (excludes halogenated alkanes) is 2. The molecule has 0 radical (unpaired) electrons. The highest BCUT2D eigenvalue weighted by Crippen LogP contribution is 2.49. The summed E-state index contributed by atoms with van der Waals surface area (Å²) in [6.45, 7) is 5.08. The molecule has 0 unspecified atom stereocenters. The van der Waals surface area contributed by atoms with Gasteiger partial charge in [-0.25, -0.2) is 4.79 Å². The Hall–Kier alpha value is -2.57. The third-order valence-corrected chi connectivity index (χ3v) is 7.53. The van der Waals surface area contributed by atoms with Gasteiger partial charge in [0.25, 0.3) is 0 Å². The van der Waals surface area contributed by atoms with Crippen molar-refractivity contribution >= 4 is 17.9 Å². The van der Waals surface area contributed by atoms with E-state index in [9.17, 15) is 14.4 Å². The standard InChI is InChI=1S/C28H40O7/c1-4-6-7-10-21(35-28(32)5-2)12-13-22-23-14-19-9-8-11-25(33-17-27(30)31)24(19)15-20(23)16-26(22)34-18(3)29/h8-9,11,20-23,26H,4-7,10,12-17H2,1-3H3,(H,30,31)/t20-,21-,22+,23-,26+/m0/s1. The fourth-order valence-corrected chi connectivity index (χ4v) is 5.93. The van der Waals surface area contributed by atoms with Crippen molar-refractivity contribution in [3.63, 3.8) is 0 Å². The molecule has 1 aromatic rings. The Bertz CT molecular complexity index is 880. The number of fused-ring (bicyclic) bond motifs is 2. The third-order valence-electron chi connectivity index (χ3n) is 7.53. The average molecular weight is 489 g/mol. The zero-order valence-corrected chi connectivity index (χ0v) is 21.3. The lowest BCUT2D eigenvalue weighted by Crippen LogP contribution is -2.30. The number of hydrogen-bond donors (Lipinski definition) is 1. The number of rotatable bonds is 13. The van der Waals surface area contributed by atoms with Crippen LogP contribution in [0.25, 0.3) is 0 Å². The molecule has 1 N–H and O–H groups in total. The molecule has 0 spiro atoms. The van der Waals surface area contributed by atoms with E-state index in [1.807, 2.05) is 19.1 Å². The van der Waals surface area contributed by atoms with Crippen LogP contribution in [0.4, 0.5) is 0 Å². The van der Waals surface area contributed by atoms with E-state index in [1.165, 1.54) is 12.5 Å². The monoisotopic (exact) mass is 488 g/mol. The van der Waals surface area contributed by atoms with Gasteiger partial charge in [0.2, 0.25) is 0 Å². The summed E-state index contributed by atoms with van der Waals surface area (Å²) < 4.78 is 17.1. The number of esters is 2. The highest BCUT2D eigenvalue weighted by atomic mass is 16.5. The van der Waals surface area contributed by atoms with Crippen molar-refractivity contribution in [3.8, 4) is 5.75 Å². The van der Waals surface area contributed by atoms with Crippen LogP contribution >= 0.6 is 0 Å². The number of carboxylic acid groups (broad SMARTS) is 1. The maximum Gasteiger partial charge on any atom is 0.341 e. The number of carbonyl (C=O) groups excluding carboxylic acids is 2. The molecule has 1 aromatic carbocycles. The van der Waals surface area contributed by atoms with Crippen LogP contribution in [0.5, 0.6) is 5.75 Å². The lowest BCUT2D eigenvalue weighted by Gasteiger charge is -2.33. The van der Waals surface area contributed by atoms with Crippen molar-refractivity contribution in [2.24, 2.45) is 17.8 Å². The second-order valence-corrected chi connectivity index (χ2v) is 9.99. The van der Waals surface area contributed by atoms with Gasteiger partial charge in [0.15, 0.2) is 6.61 Å². The summed E-state index contributed by atoms with van der Waals surface area (Å²) in [5.74, 6) is 0.117. The predicted octanol–water partition coefficient (Wildman–Crippen LogP) is 5.11. The molecule has 35 heavy (non-hydrogen) atoms. The number of aliphatic carboxylic acids is 1. The molecule has 194 valence electrons. The largest absolute Gasteiger partial charge is 0.482 e. The van der Waals surface area contributed by atoms with Crippen molar-refractivity contribution in [1.29, 1.82) is 0 Å². The van der Waals surface area contributed by atoms with Crippen molar-refractivity contribution < 1.29 is 33.7 Å². The smallest absolute Gasteiger partial charge is 0.341 e. The van der Waals surface area contributed by atoms with E-state index in [2.05, 4.69) is 13.0 Å². The Balaban J connectivity index is 1.75. The van der Waals surface area contributed by atoms with Crippen molar-refractivity contribution in [1.82, 2.24) is 0 Å². The molecule has 7 nitrogen and oxygen atoms in total. The summed E-state index contributed by atoms with van der Waals surface area (Å²) in [6.07, 6.45) is 8.30. The number of carbonyl (C=O) groups is 3. The minimum absolute atomic E-state index is 0.0991. The Labute approximate surface area is 208 Å². The number of benzene rings is 1. The second-order valence-electron chi connectivity index (χ2n) is 9.99. The third kappa shape index (κ3) is 7.45. The molecule has 2 aliphatic rings. The number of ether oxygens (including phenoxy) is 3. The van der Waals surface area contributed by atoms with E-state index in [0.717, 1.165) is 63.4 Å². The first-order valence-corrected chi connectivity index (χ1v) is 13.1. The van der Waals surface area contributed by atoms with Gasteiger partial charge < -0.3 is 19.3 Å². The normalized spacial score (nSPS) is 23.6. The molecular weight excluding hydrogens is 448 g/mol. The summed E-state index contributed by atoms with van der Waals surface area (Å²) in [4.78, 5) is 34.9. The fourth-order valence-electron chi connectivity index (χ4n) is 5.93. The summed E-state index contributed by atoms with van der Waals surface area (Å²) in [5.41, 5.74) is 2.26. The molecule has 1 fully saturated rings. The molecule has 0 amide bonds. The maximum atomic E-state index is 12.0. The Morgan fingerprint density at radius 2 is 1.91 bits per heavy atom. The Morgan fingerprint density at radius 1 is 1.11 bits per heavy atom. The van der Waals surface area contributed by atoms with E-state index < -0.39 is 5.97 Å². The molecule has 3 rings (SSSR count). The van der Waals surface area contributed by atoms with Gasteiger partial charge in [-0.2, -0.15) is 0 Å². The number of carboxylic acids is 1. The quantitative estimate of drug-likeness (QED) is 0.304. The lowest BCUT2D eigenvalue weighted by molar-refractivity contribution is -0.150. The van der Waals surface area contributed by atoms with Crippen molar-refractivity contribution in [2.45, 2.75) is 97.2 Å². The maximum absolute atomic E-state index is 12.0. The molecule has 2 aliphatic carbocycles. The highest BCUT2D eigenvalue weighted by Gasteiger charge is 2.47. The minimum Gasteiger partial charge on any atom is -0.482 e. The molecule has 0 heterocycles. The SMILES string of the molecule is CCCCC[C@@H](CC[C@@H]1[C@H]2Cc3cccc(OCC(=O)O)c3C[C@H]2C[C@H]1OC(C)=O)OC(=O)CC. The summed E-state index contributed by atoms with van der Waals surface area (Å²) in [7, 11) is 0. The Kier molecular flexibility index (Phi) is 9.99. The van der Waals surface area contributed by atoms with Crippen LogP contribution < -0.4 is 4.74 Å². The van der Waals surface area contributed by atoms with Gasteiger partial charge in [0.1, 0.15) is 18.0 Å². The van der Waals surface area contributed by atoms with E-state index in [0.29, 0.717) is 24.0 Å². The van der Waals surface area contributed by atoms with Crippen LogP contribution in [0.1, 0.15) is 83.3 Å². The van der Waals surface area contributed by atoms with Crippen LogP contribution in [0, 0.1) is 17.8 Å². The summed E-state index contributed by atoms with van der Waals surface area (Å²) >= 11 is 0. The van der Waals surface area contributed by atoms with Crippen LogP contribution in [0.15, 0.2) is 18.2 Å². The first-order chi connectivity index (χ1) is 16.8. The predicted molar refractivity (Wildman–Crippen MR) is 131 cm³/mol. The van der Waals surface area contributed by atoms with E-state index in [1.54, 1.807) is 0 Å². The first kappa shape index (κ1) is 27.0. The van der Waals surface area contributed by atoms with E-state index >= 15 is 0 Å². The first-order valence-electron chi connectivity index (χ1n) is 13.1. The van der Waals surface area contributed by atoms with Crippen LogP contribution in [0.2, 0.25) is 0 Å². The van der Waals surface area contributed by atoms with Gasteiger partial charge >= 0.3 is 17.9 Å². The molecule has 0 aliphatic heterocycles. The summed E-state index contributed by atoms with van der Waals surface area (Å²) in [6, 6.07) is 5.84. The van der Waals surface area contributed by atoms with Gasteiger partial charge in [0.05, 0.1) is 0 Å². The fraction of sp³-hybridized carbons (Fsp3) is 0.679. The summed E-state index contributed by atoms with van der Waals surface area (Å²) in [5, 5.41) is 9.02. The molecule has 0 bridgehead atoms. The molecule has 0 saturated heterocycles. The zero-order valence-electron chi connectivity index (χ0n) is 21.3. The van der Waals surface area contributed by atoms with Gasteiger partial charge in [0, 0.05) is 13.3 Å². The molecule has 5 atom stereocenters. The van der Waals surface area contributed by atoms with E-state index in [4.69, 9.17) is 19.3 Å². The highest BCUT2D eigenvalue weighted by molar-refractivity contribution is 5.69. The van der Waals surface area contributed by atoms with Crippen LogP contribution in [-0.2, 0) is 36.7 Å². The zero-order chi connectivity index (χ0) is 25.4. The molecular formula is C28H40O7. The molecule has 7 heteroatoms. The Morgan fingerprint density at radius 3 is 2.60 bits per heavy atom. The van der Waals surface area contributed by atoms with Gasteiger partial charge in [-0.1, -0.05) is 38.8 Å². The number of hydrogen-bond acceptors (Lipinski definition) is 6. The molecule has 0 aromatic heterocycles. The average Bonchev–Trinajstić information content (AvgIpc) is 3.14. The van der Waals surface area contributed by atoms with Gasteiger partial charge in [-0.15, -0.1) is 0 Å². The van der Waals surface area contributed by atoms with E-state index in [-0.39, 0.29) is 36.7 Å². The molecule has 1 saturated carbocycles. The van der Waals surface area contributed by atoms with Crippen molar-refractivity contribution in [3.05, 3.63) is 29.3 Å². The lowest BCUT2D eigenvalue weighted by atomic mass is 9.73. The minimum atomic E-state index is -0.996. The van der Waals surface area contributed by atoms with Crippen LogP contribution in [-0.4, -0.2) is 41.8 Å². The van der Waals surface area contributed by atoms with Crippen molar-refractivity contribution in [2.75, 3.05) is 6.61 Å². The second kappa shape index (κ2) is 12.9. The van der Waals surface area contributed by atoms with Crippen LogP contribution in [0.3, 0.4) is 0 Å². The van der Waals surface area contributed by atoms with Gasteiger partial charge in [-0.3, -0.25) is 9.59 Å². The topological polar surface area (TPSA) is 99.1 Å². The van der Waals surface area contributed by atoms with Gasteiger partial charge in [-0.05, 0) is 79.9 Å².